The zero-order valence-electron chi connectivity index (χ0n) is 11.4. The second kappa shape index (κ2) is 5.51. The molecular formula is C14H21NO3S. The average Bonchev–Trinajstić information content (AvgIpc) is 2.39. The maximum atomic E-state index is 12.4. The molecule has 0 atom stereocenters. The van der Waals surface area contributed by atoms with E-state index >= 15 is 0 Å². The summed E-state index contributed by atoms with van der Waals surface area (Å²) in [5.41, 5.74) is 0. The van der Waals surface area contributed by atoms with Gasteiger partial charge in [0.1, 0.15) is 5.75 Å². The Bertz CT molecular complexity index is 531. The summed E-state index contributed by atoms with van der Waals surface area (Å²) in [6, 6.07) is 5.88. The van der Waals surface area contributed by atoms with Gasteiger partial charge in [0.05, 0.1) is 4.90 Å². The Morgan fingerprint density at radius 1 is 1.26 bits per heavy atom. The molecule has 0 bridgehead atoms. The van der Waals surface area contributed by atoms with Crippen molar-refractivity contribution in [1.29, 1.82) is 0 Å². The van der Waals surface area contributed by atoms with Gasteiger partial charge in [0, 0.05) is 13.1 Å². The predicted octanol–water partition coefficient (Wildman–Crippen LogP) is 2.45. The van der Waals surface area contributed by atoms with E-state index in [0.717, 1.165) is 12.8 Å². The fourth-order valence-corrected chi connectivity index (χ4v) is 4.09. The summed E-state index contributed by atoms with van der Waals surface area (Å²) < 4.78 is 26.4. The summed E-state index contributed by atoms with van der Waals surface area (Å²) >= 11 is 0. The van der Waals surface area contributed by atoms with Crippen molar-refractivity contribution in [2.45, 2.75) is 31.6 Å². The molecule has 1 saturated heterocycles. The molecular weight excluding hydrogens is 262 g/mol. The molecule has 2 rings (SSSR count). The summed E-state index contributed by atoms with van der Waals surface area (Å²) in [6.07, 6.45) is 1.82. The van der Waals surface area contributed by atoms with Crippen LogP contribution in [0.5, 0.6) is 5.75 Å². The van der Waals surface area contributed by atoms with Crippen LogP contribution in [0.3, 0.4) is 0 Å². The van der Waals surface area contributed by atoms with Gasteiger partial charge in [-0.15, -0.1) is 0 Å². The van der Waals surface area contributed by atoms with Crippen LogP contribution in [0.15, 0.2) is 29.2 Å². The van der Waals surface area contributed by atoms with E-state index in [1.54, 1.807) is 6.07 Å². The maximum absolute atomic E-state index is 12.4. The summed E-state index contributed by atoms with van der Waals surface area (Å²) in [6.45, 7) is 5.51. The Balaban J connectivity index is 2.14. The Morgan fingerprint density at radius 3 is 2.42 bits per heavy atom. The lowest BCUT2D eigenvalue weighted by molar-refractivity contribution is 0.226. The highest BCUT2D eigenvalue weighted by atomic mass is 32.2. The minimum Gasteiger partial charge on any atom is -0.508 e. The molecule has 1 aromatic carbocycles. The number of hydrogen-bond donors (Lipinski definition) is 1. The molecule has 1 N–H and O–H groups in total. The maximum Gasteiger partial charge on any atom is 0.243 e. The van der Waals surface area contributed by atoms with Gasteiger partial charge in [-0.1, -0.05) is 19.9 Å². The number of rotatable bonds is 3. The minimum absolute atomic E-state index is 0.0156. The van der Waals surface area contributed by atoms with Gasteiger partial charge in [-0.05, 0) is 42.9 Å². The first-order valence-corrected chi connectivity index (χ1v) is 8.14. The number of nitrogens with zero attached hydrogens (tertiary/aromatic N) is 1. The molecule has 1 fully saturated rings. The van der Waals surface area contributed by atoms with Crippen LogP contribution in [0.1, 0.15) is 26.7 Å². The molecule has 0 radical (unpaired) electrons. The van der Waals surface area contributed by atoms with E-state index in [1.165, 1.54) is 22.5 Å². The molecule has 0 saturated carbocycles. The van der Waals surface area contributed by atoms with Gasteiger partial charge >= 0.3 is 0 Å². The van der Waals surface area contributed by atoms with E-state index in [9.17, 15) is 13.5 Å². The lowest BCUT2D eigenvalue weighted by Crippen LogP contribution is -2.39. The molecule has 19 heavy (non-hydrogen) atoms. The Hall–Kier alpha value is -1.07. The van der Waals surface area contributed by atoms with Gasteiger partial charge in [-0.25, -0.2) is 8.42 Å². The monoisotopic (exact) mass is 283 g/mol. The fourth-order valence-electron chi connectivity index (χ4n) is 2.58. The van der Waals surface area contributed by atoms with Crippen molar-refractivity contribution < 1.29 is 13.5 Å². The molecule has 0 spiro atoms. The van der Waals surface area contributed by atoms with Gasteiger partial charge in [-0.3, -0.25) is 0 Å². The molecule has 5 heteroatoms. The third-order valence-electron chi connectivity index (χ3n) is 3.90. The lowest BCUT2D eigenvalue weighted by atomic mass is 9.87. The number of benzene rings is 1. The van der Waals surface area contributed by atoms with Crippen molar-refractivity contribution in [3.8, 4) is 5.75 Å². The highest BCUT2D eigenvalue weighted by Gasteiger charge is 2.30. The molecule has 1 heterocycles. The largest absolute Gasteiger partial charge is 0.508 e. The van der Waals surface area contributed by atoms with Crippen LogP contribution in [-0.2, 0) is 10.0 Å². The standard InChI is InChI=1S/C14H21NO3S/c1-11(2)12-6-8-15(9-7-12)19(17,18)14-5-3-4-13(16)10-14/h3-5,10-12,16H,6-9H2,1-2H3. The molecule has 0 aliphatic carbocycles. The first kappa shape index (κ1) is 14.3. The summed E-state index contributed by atoms with van der Waals surface area (Å²) in [5.74, 6) is 1.19. The van der Waals surface area contributed by atoms with Crippen LogP contribution in [-0.4, -0.2) is 30.9 Å². The van der Waals surface area contributed by atoms with Gasteiger partial charge in [0.25, 0.3) is 0 Å². The SMILES string of the molecule is CC(C)C1CCN(S(=O)(=O)c2cccc(O)c2)CC1. The normalized spacial score (nSPS) is 18.9. The van der Waals surface area contributed by atoms with E-state index < -0.39 is 10.0 Å². The van der Waals surface area contributed by atoms with Crippen molar-refractivity contribution in [3.63, 3.8) is 0 Å². The zero-order valence-corrected chi connectivity index (χ0v) is 12.2. The van der Waals surface area contributed by atoms with Crippen molar-refractivity contribution in [2.75, 3.05) is 13.1 Å². The van der Waals surface area contributed by atoms with Crippen LogP contribution in [0.25, 0.3) is 0 Å². The number of phenols is 1. The van der Waals surface area contributed by atoms with Crippen molar-refractivity contribution in [3.05, 3.63) is 24.3 Å². The van der Waals surface area contributed by atoms with Crippen molar-refractivity contribution in [2.24, 2.45) is 11.8 Å². The van der Waals surface area contributed by atoms with Gasteiger partial charge in [0.2, 0.25) is 10.0 Å². The highest BCUT2D eigenvalue weighted by Crippen LogP contribution is 2.28. The molecule has 0 unspecified atom stereocenters. The second-order valence-electron chi connectivity index (χ2n) is 5.48. The van der Waals surface area contributed by atoms with E-state index in [4.69, 9.17) is 0 Å². The molecule has 106 valence electrons. The topological polar surface area (TPSA) is 57.6 Å². The minimum atomic E-state index is -3.46. The van der Waals surface area contributed by atoms with Crippen LogP contribution in [0.2, 0.25) is 0 Å². The number of phenolic OH excluding ortho intramolecular Hbond substituents is 1. The van der Waals surface area contributed by atoms with Crippen molar-refractivity contribution >= 4 is 10.0 Å². The highest BCUT2D eigenvalue weighted by molar-refractivity contribution is 7.89. The Morgan fingerprint density at radius 2 is 1.89 bits per heavy atom. The Kier molecular flexibility index (Phi) is 4.16. The average molecular weight is 283 g/mol. The van der Waals surface area contributed by atoms with Gasteiger partial charge in [0.15, 0.2) is 0 Å². The molecule has 4 nitrogen and oxygen atoms in total. The summed E-state index contributed by atoms with van der Waals surface area (Å²) in [7, 11) is -3.46. The molecule has 1 aliphatic rings. The smallest absolute Gasteiger partial charge is 0.243 e. The third kappa shape index (κ3) is 3.09. The van der Waals surface area contributed by atoms with Gasteiger partial charge < -0.3 is 5.11 Å². The fraction of sp³-hybridized carbons (Fsp3) is 0.571. The summed E-state index contributed by atoms with van der Waals surface area (Å²) in [5, 5.41) is 9.41. The number of sulfonamides is 1. The van der Waals surface area contributed by atoms with Crippen LogP contribution in [0.4, 0.5) is 0 Å². The van der Waals surface area contributed by atoms with Gasteiger partial charge in [-0.2, -0.15) is 4.31 Å². The zero-order chi connectivity index (χ0) is 14.0. The van der Waals surface area contributed by atoms with E-state index in [0.29, 0.717) is 24.9 Å². The predicted molar refractivity (Wildman–Crippen MR) is 74.4 cm³/mol. The quantitative estimate of drug-likeness (QED) is 0.927. The molecule has 1 aliphatic heterocycles. The second-order valence-corrected chi connectivity index (χ2v) is 7.42. The van der Waals surface area contributed by atoms with E-state index in [2.05, 4.69) is 13.8 Å². The molecule has 0 amide bonds. The first-order chi connectivity index (χ1) is 8.91. The number of aromatic hydroxyl groups is 1. The first-order valence-electron chi connectivity index (χ1n) is 6.70. The van der Waals surface area contributed by atoms with Crippen molar-refractivity contribution in [1.82, 2.24) is 4.31 Å². The Labute approximate surface area is 115 Å². The van der Waals surface area contributed by atoms with E-state index in [-0.39, 0.29) is 10.6 Å². The molecule has 1 aromatic rings. The third-order valence-corrected chi connectivity index (χ3v) is 5.79. The molecule has 0 aromatic heterocycles. The number of hydrogen-bond acceptors (Lipinski definition) is 3. The number of piperidine rings is 1. The van der Waals surface area contributed by atoms with Crippen LogP contribution in [0, 0.1) is 11.8 Å². The summed E-state index contributed by atoms with van der Waals surface area (Å²) in [4.78, 5) is 0.176. The lowest BCUT2D eigenvalue weighted by Gasteiger charge is -2.33. The van der Waals surface area contributed by atoms with Crippen LogP contribution >= 0.6 is 0 Å². The van der Waals surface area contributed by atoms with E-state index in [1.807, 2.05) is 0 Å². The van der Waals surface area contributed by atoms with Crippen LogP contribution < -0.4 is 0 Å².